The van der Waals surface area contributed by atoms with Gasteiger partial charge in [-0.05, 0) is 74.5 Å². The average molecular weight is 1110 g/mol. The van der Waals surface area contributed by atoms with Crippen LogP contribution < -0.4 is 14.5 Å². The number of hydrogen-bond acceptors (Lipinski definition) is 4. The molecule has 0 bridgehead atoms. The second-order valence-corrected chi connectivity index (χ2v) is 19.7. The van der Waals surface area contributed by atoms with Crippen molar-refractivity contribution in [3.8, 4) is 39.6 Å². The fourth-order valence-corrected chi connectivity index (χ4v) is 11.2. The van der Waals surface area contributed by atoms with Crippen molar-refractivity contribution in [2.24, 2.45) is 0 Å². The molecule has 5 nitrogen and oxygen atoms in total. The van der Waals surface area contributed by atoms with Crippen LogP contribution in [0, 0.1) is 25.7 Å². The Bertz CT molecular complexity index is 3730. The fourth-order valence-electron chi connectivity index (χ4n) is 11.2. The quantitative estimate of drug-likeness (QED) is 0.135. The van der Waals surface area contributed by atoms with Gasteiger partial charge in [0.25, 0.3) is 0 Å². The van der Waals surface area contributed by atoms with Crippen LogP contribution in [-0.2, 0) is 31.9 Å². The monoisotopic (exact) mass is 1110 g/mol. The third-order valence-electron chi connectivity index (χ3n) is 14.5. The van der Waals surface area contributed by atoms with Crippen LogP contribution in [0.4, 0.5) is 22.7 Å². The molecular formula is C66H49N4OPt-3. The number of hydrogen-bond donors (Lipinski definition) is 0. The van der Waals surface area contributed by atoms with Gasteiger partial charge in [-0.3, -0.25) is 0 Å². The van der Waals surface area contributed by atoms with Gasteiger partial charge in [0.15, 0.2) is 0 Å². The van der Waals surface area contributed by atoms with E-state index in [2.05, 4.69) is 273 Å². The molecule has 1 aliphatic heterocycles. The van der Waals surface area contributed by atoms with Crippen molar-refractivity contribution in [2.75, 3.05) is 9.80 Å². The van der Waals surface area contributed by atoms with Crippen molar-refractivity contribution in [3.63, 3.8) is 0 Å². The van der Waals surface area contributed by atoms with Gasteiger partial charge >= 0.3 is 0 Å². The van der Waals surface area contributed by atoms with E-state index in [1.165, 1.54) is 27.6 Å². The summed E-state index contributed by atoms with van der Waals surface area (Å²) in [6, 6.07) is 83.6. The number of benzene rings is 9. The molecule has 0 saturated heterocycles. The number of rotatable bonds is 9. The van der Waals surface area contributed by atoms with Gasteiger partial charge in [0.05, 0.1) is 0 Å². The predicted molar refractivity (Wildman–Crippen MR) is 290 cm³/mol. The van der Waals surface area contributed by atoms with E-state index in [-0.39, 0.29) is 26.5 Å². The first-order valence-corrected chi connectivity index (χ1v) is 24.4. The maximum Gasteiger partial charge on any atom is 0.135 e. The van der Waals surface area contributed by atoms with Gasteiger partial charge in [0, 0.05) is 77.9 Å². The topological polar surface area (TPSA) is 33.5 Å². The van der Waals surface area contributed by atoms with E-state index >= 15 is 0 Å². The molecule has 0 amide bonds. The molecule has 13 rings (SSSR count). The maximum absolute atomic E-state index is 7.23. The molecule has 2 aliphatic rings. The first kappa shape index (κ1) is 45.2. The van der Waals surface area contributed by atoms with E-state index in [0.717, 1.165) is 78.4 Å². The molecule has 0 atom stereocenters. The summed E-state index contributed by atoms with van der Waals surface area (Å²) < 4.78 is 9.52. The van der Waals surface area contributed by atoms with Gasteiger partial charge in [-0.15, -0.1) is 47.7 Å². The molecule has 2 aromatic heterocycles. The molecule has 6 heteroatoms. The zero-order valence-corrected chi connectivity index (χ0v) is 42.6. The molecular weight excluding hydrogens is 1060 g/mol. The van der Waals surface area contributed by atoms with E-state index in [0.29, 0.717) is 11.5 Å². The average Bonchev–Trinajstić information content (AvgIpc) is 4.07. The van der Waals surface area contributed by atoms with Crippen LogP contribution in [0.2, 0.25) is 0 Å². The summed E-state index contributed by atoms with van der Waals surface area (Å²) in [5.41, 5.74) is 16.9. The van der Waals surface area contributed by atoms with Crippen LogP contribution in [0.1, 0.15) is 54.2 Å². The molecule has 0 saturated carbocycles. The van der Waals surface area contributed by atoms with Crippen molar-refractivity contribution >= 4 is 44.6 Å². The Morgan fingerprint density at radius 3 is 1.76 bits per heavy atom. The molecule has 0 N–H and O–H groups in total. The van der Waals surface area contributed by atoms with Gasteiger partial charge in [-0.25, -0.2) is 4.98 Å². The number of fused-ring (bicyclic) bond motifs is 1. The Labute approximate surface area is 435 Å². The summed E-state index contributed by atoms with van der Waals surface area (Å²) in [6.45, 7) is 11.0. The molecule has 0 fully saturated rings. The van der Waals surface area contributed by atoms with Crippen molar-refractivity contribution in [2.45, 2.75) is 38.5 Å². The van der Waals surface area contributed by atoms with Crippen molar-refractivity contribution in [1.29, 1.82) is 0 Å². The van der Waals surface area contributed by atoms with E-state index in [9.17, 15) is 0 Å². The van der Waals surface area contributed by atoms with E-state index in [1.54, 1.807) is 0 Å². The minimum atomic E-state index is -0.634. The molecule has 72 heavy (non-hydrogen) atoms. The van der Waals surface area contributed by atoms with Crippen LogP contribution in [0.25, 0.3) is 49.9 Å². The number of pyridine rings is 1. The molecule has 352 valence electrons. The summed E-state index contributed by atoms with van der Waals surface area (Å²) in [5.74, 6) is 2.08. The van der Waals surface area contributed by atoms with Crippen LogP contribution in [0.5, 0.6) is 11.5 Å². The van der Waals surface area contributed by atoms with Crippen LogP contribution in [-0.4, -0.2) is 9.55 Å². The second kappa shape index (κ2) is 17.7. The van der Waals surface area contributed by atoms with E-state index in [4.69, 9.17) is 9.72 Å². The SMILES string of the molecule is Cc1ccc(N2[CH-]N(c3c(-c4ccccc4)cccc3-c3ccccc3)c3ccccc32)[c-]c1Oc1[c-]c2c3c(c1)C(c1ccccc1)(c1ccccc1)c1cccc(c13)n2-c1cc(C(C)(C)C)ccn1.[Pt]. The van der Waals surface area contributed by atoms with Gasteiger partial charge in [-0.1, -0.05) is 202 Å². The number of anilines is 4. The Kier molecular flexibility index (Phi) is 11.1. The van der Waals surface area contributed by atoms with Crippen LogP contribution >= 0.6 is 0 Å². The van der Waals surface area contributed by atoms with Crippen molar-refractivity contribution in [3.05, 3.63) is 271 Å². The Balaban J connectivity index is 0.00000530. The Morgan fingerprint density at radius 2 is 1.14 bits per heavy atom. The van der Waals surface area contributed by atoms with Crippen molar-refractivity contribution in [1.82, 2.24) is 9.55 Å². The van der Waals surface area contributed by atoms with Gasteiger partial charge < -0.3 is 19.1 Å². The molecule has 1 aliphatic carbocycles. The molecule has 0 unspecified atom stereocenters. The summed E-state index contributed by atoms with van der Waals surface area (Å²) >= 11 is 0. The Morgan fingerprint density at radius 1 is 0.556 bits per heavy atom. The fraction of sp³-hybridized carbons (Fsp3) is 0.0909. The van der Waals surface area contributed by atoms with Crippen molar-refractivity contribution < 1.29 is 25.8 Å². The van der Waals surface area contributed by atoms with Crippen LogP contribution in [0.3, 0.4) is 0 Å². The normalized spacial score (nSPS) is 13.4. The molecule has 0 spiro atoms. The first-order chi connectivity index (χ1) is 34.8. The largest absolute Gasteiger partial charge is 0.509 e. The molecule has 3 heterocycles. The molecule has 0 radical (unpaired) electrons. The first-order valence-electron chi connectivity index (χ1n) is 24.4. The van der Waals surface area contributed by atoms with E-state index < -0.39 is 5.41 Å². The van der Waals surface area contributed by atoms with Gasteiger partial charge in [-0.2, -0.15) is 6.07 Å². The summed E-state index contributed by atoms with van der Waals surface area (Å²) in [7, 11) is 0. The number of aryl methyl sites for hydroxylation is 1. The minimum Gasteiger partial charge on any atom is -0.509 e. The molecule has 11 aromatic rings. The van der Waals surface area contributed by atoms with Gasteiger partial charge in [0.1, 0.15) is 5.82 Å². The number of nitrogens with zero attached hydrogens (tertiary/aromatic N) is 4. The summed E-state index contributed by atoms with van der Waals surface area (Å²) in [5, 5.41) is 2.36. The predicted octanol–water partition coefficient (Wildman–Crippen LogP) is 16.6. The zero-order valence-electron chi connectivity index (χ0n) is 40.4. The third kappa shape index (κ3) is 7.13. The Hall–Kier alpha value is -7.98. The second-order valence-electron chi connectivity index (χ2n) is 19.7. The number of ether oxygens (including phenoxy) is 1. The summed E-state index contributed by atoms with van der Waals surface area (Å²) in [6.07, 6.45) is 1.93. The van der Waals surface area contributed by atoms with Crippen LogP contribution in [0.15, 0.2) is 219 Å². The number of para-hydroxylation sites is 3. The summed E-state index contributed by atoms with van der Waals surface area (Å²) in [4.78, 5) is 9.62. The van der Waals surface area contributed by atoms with E-state index in [1.807, 2.05) is 6.20 Å². The maximum atomic E-state index is 7.23. The number of aromatic nitrogens is 2. The molecule has 9 aromatic carbocycles. The third-order valence-corrected chi connectivity index (χ3v) is 14.5. The smallest absolute Gasteiger partial charge is 0.135 e. The standard InChI is InChI=1S/C66H49N4O.Pt/c1-44-35-36-50(68-43-69(57-33-18-17-32-56(57)68)64-52(45-21-9-5-10-22-45)29-19-30-53(64)46-23-11-6-12-24-46)40-60(44)71-51-41-55-63-59(42-51)70(61-39-49(37-38-67-61)65(2,3)4)58-34-20-31-54(62(58)63)66(55,47-25-13-7-14-26-47)48-27-15-8-16-28-48;/h5-39,41,43H,1-4H3;/q-3;. The minimum absolute atomic E-state index is 0. The zero-order chi connectivity index (χ0) is 47.8. The van der Waals surface area contributed by atoms with Gasteiger partial charge in [0.2, 0.25) is 0 Å².